The van der Waals surface area contributed by atoms with E-state index in [0.717, 1.165) is 37.4 Å². The lowest BCUT2D eigenvalue weighted by atomic mass is 9.46. The minimum atomic E-state index is -0.352. The summed E-state index contributed by atoms with van der Waals surface area (Å²) in [6.45, 7) is 8.79. The first-order valence-electron chi connectivity index (χ1n) is 11.0. The number of aliphatic hydroxyl groups excluding tert-OH is 1. The summed E-state index contributed by atoms with van der Waals surface area (Å²) in [5, 5.41) is 10.1. The van der Waals surface area contributed by atoms with E-state index >= 15 is 0 Å². The number of fused-ring (bicyclic) bond motifs is 5. The summed E-state index contributed by atoms with van der Waals surface area (Å²) in [5.74, 6) is 2.67. The second kappa shape index (κ2) is 5.81. The summed E-state index contributed by atoms with van der Waals surface area (Å²) in [6.07, 6.45) is 11.9. The van der Waals surface area contributed by atoms with Crippen molar-refractivity contribution in [3.05, 3.63) is 11.6 Å². The Bertz CT molecular complexity index is 607. The molecular formula is C23H36O3. The average Bonchev–Trinajstić information content (AvgIpc) is 3.19. The van der Waals surface area contributed by atoms with Crippen molar-refractivity contribution in [2.75, 3.05) is 13.2 Å². The van der Waals surface area contributed by atoms with Gasteiger partial charge < -0.3 is 14.6 Å². The summed E-state index contributed by atoms with van der Waals surface area (Å²) in [5.41, 5.74) is 2.28. The van der Waals surface area contributed by atoms with Crippen molar-refractivity contribution in [2.45, 2.75) is 84.0 Å². The van der Waals surface area contributed by atoms with Crippen LogP contribution in [-0.2, 0) is 9.47 Å². The van der Waals surface area contributed by atoms with E-state index in [2.05, 4.69) is 26.8 Å². The summed E-state index contributed by atoms with van der Waals surface area (Å²) in [7, 11) is 0. The fraction of sp³-hybridized carbons (Fsp3) is 0.913. The van der Waals surface area contributed by atoms with Crippen LogP contribution in [-0.4, -0.2) is 30.2 Å². The molecule has 0 spiro atoms. The van der Waals surface area contributed by atoms with Crippen LogP contribution in [0.25, 0.3) is 0 Å². The molecule has 4 fully saturated rings. The van der Waals surface area contributed by atoms with Gasteiger partial charge in [0.25, 0.3) is 0 Å². The van der Waals surface area contributed by atoms with Crippen LogP contribution in [0.3, 0.4) is 0 Å². The van der Waals surface area contributed by atoms with E-state index < -0.39 is 0 Å². The molecule has 1 aliphatic heterocycles. The van der Waals surface area contributed by atoms with Gasteiger partial charge in [0.15, 0.2) is 5.79 Å². The zero-order chi connectivity index (χ0) is 18.2. The van der Waals surface area contributed by atoms with E-state index in [1.165, 1.54) is 44.9 Å². The molecule has 146 valence electrons. The van der Waals surface area contributed by atoms with Crippen molar-refractivity contribution >= 4 is 0 Å². The molecule has 0 aromatic carbocycles. The first kappa shape index (κ1) is 17.7. The number of allylic oxidation sites excluding steroid dienone is 1. The number of ether oxygens (including phenoxy) is 2. The maximum absolute atomic E-state index is 10.1. The number of hydrogen-bond donors (Lipinski definition) is 1. The van der Waals surface area contributed by atoms with Crippen molar-refractivity contribution in [1.29, 1.82) is 0 Å². The van der Waals surface area contributed by atoms with Crippen LogP contribution in [0.15, 0.2) is 11.6 Å². The molecule has 3 saturated carbocycles. The predicted molar refractivity (Wildman–Crippen MR) is 102 cm³/mol. The first-order valence-corrected chi connectivity index (χ1v) is 11.0. The van der Waals surface area contributed by atoms with Crippen LogP contribution < -0.4 is 0 Å². The number of aliphatic hydroxyl groups is 1. The van der Waals surface area contributed by atoms with Gasteiger partial charge in [0.1, 0.15) is 0 Å². The molecule has 0 aromatic rings. The molecule has 0 radical (unpaired) electrons. The Morgan fingerprint density at radius 2 is 1.69 bits per heavy atom. The summed E-state index contributed by atoms with van der Waals surface area (Å²) in [6, 6.07) is 0. The molecule has 0 unspecified atom stereocenters. The molecule has 26 heavy (non-hydrogen) atoms. The van der Waals surface area contributed by atoms with Crippen molar-refractivity contribution in [1.82, 2.24) is 0 Å². The summed E-state index contributed by atoms with van der Waals surface area (Å²) >= 11 is 0. The van der Waals surface area contributed by atoms with Crippen molar-refractivity contribution < 1.29 is 14.6 Å². The first-order chi connectivity index (χ1) is 12.4. The topological polar surface area (TPSA) is 38.7 Å². The largest absolute Gasteiger partial charge is 0.389 e. The quantitative estimate of drug-likeness (QED) is 0.690. The van der Waals surface area contributed by atoms with Crippen LogP contribution >= 0.6 is 0 Å². The van der Waals surface area contributed by atoms with Crippen LogP contribution in [0.5, 0.6) is 0 Å². The third kappa shape index (κ3) is 2.29. The minimum Gasteiger partial charge on any atom is -0.389 e. The lowest BCUT2D eigenvalue weighted by Crippen LogP contribution is -2.53. The molecule has 5 aliphatic rings. The Morgan fingerprint density at radius 3 is 2.46 bits per heavy atom. The molecule has 3 heteroatoms. The van der Waals surface area contributed by atoms with Gasteiger partial charge in [0, 0.05) is 5.92 Å². The molecule has 1 heterocycles. The zero-order valence-corrected chi connectivity index (χ0v) is 16.8. The fourth-order valence-electron chi connectivity index (χ4n) is 8.30. The molecule has 0 aromatic heterocycles. The van der Waals surface area contributed by atoms with E-state index in [1.807, 2.05) is 0 Å². The second-order valence-electron chi connectivity index (χ2n) is 10.5. The summed E-state index contributed by atoms with van der Waals surface area (Å²) in [4.78, 5) is 0. The zero-order valence-electron chi connectivity index (χ0n) is 16.8. The highest BCUT2D eigenvalue weighted by molar-refractivity contribution is 5.25. The Morgan fingerprint density at radius 1 is 0.923 bits per heavy atom. The van der Waals surface area contributed by atoms with Gasteiger partial charge in [-0.2, -0.15) is 0 Å². The molecule has 3 nitrogen and oxygen atoms in total. The van der Waals surface area contributed by atoms with E-state index in [4.69, 9.17) is 9.47 Å². The number of rotatable bonds is 1. The minimum absolute atomic E-state index is 0.198. The van der Waals surface area contributed by atoms with Crippen LogP contribution in [0, 0.1) is 34.5 Å². The molecule has 7 atom stereocenters. The van der Waals surface area contributed by atoms with Crippen LogP contribution in [0.1, 0.15) is 72.1 Å². The SMILES string of the molecule is CC1([C@H]2CC[C@H]3[C@@H]4CCC5=C[C@@H](O)CC[C@]5(C)[C@H]4CC[C@]23C)OCCO1. The maximum atomic E-state index is 10.1. The smallest absolute Gasteiger partial charge is 0.169 e. The average molecular weight is 361 g/mol. The van der Waals surface area contributed by atoms with Crippen molar-refractivity contribution in [3.63, 3.8) is 0 Å². The molecule has 4 aliphatic carbocycles. The van der Waals surface area contributed by atoms with Gasteiger partial charge in [-0.1, -0.05) is 25.5 Å². The highest BCUT2D eigenvalue weighted by Gasteiger charge is 2.62. The highest BCUT2D eigenvalue weighted by Crippen LogP contribution is 2.68. The predicted octanol–water partition coefficient (Wildman–Crippen LogP) is 4.69. The van der Waals surface area contributed by atoms with Gasteiger partial charge in [-0.25, -0.2) is 0 Å². The Hall–Kier alpha value is -0.380. The molecule has 0 amide bonds. The lowest BCUT2D eigenvalue weighted by Gasteiger charge is -2.59. The second-order valence-corrected chi connectivity index (χ2v) is 10.5. The normalized spacial score (nSPS) is 52.8. The Balaban J connectivity index is 1.44. The van der Waals surface area contributed by atoms with Gasteiger partial charge in [-0.3, -0.25) is 0 Å². The standard InChI is InChI=1S/C23H36O3/c1-21-10-8-16(24)14-15(21)4-5-17-18-6-7-20(23(3)25-12-13-26-23)22(18,2)11-9-19(17)21/h14,16-20,24H,4-13H2,1-3H3/t16-,17-,18-,19-,20-,21-,22-/m0/s1. The van der Waals surface area contributed by atoms with Crippen molar-refractivity contribution in [2.24, 2.45) is 34.5 Å². The van der Waals surface area contributed by atoms with Gasteiger partial charge >= 0.3 is 0 Å². The van der Waals surface area contributed by atoms with E-state index in [-0.39, 0.29) is 11.9 Å². The van der Waals surface area contributed by atoms with E-state index in [9.17, 15) is 5.11 Å². The van der Waals surface area contributed by atoms with E-state index in [0.29, 0.717) is 16.7 Å². The van der Waals surface area contributed by atoms with E-state index in [1.54, 1.807) is 5.57 Å². The lowest BCUT2D eigenvalue weighted by molar-refractivity contribution is -0.214. The third-order valence-corrected chi connectivity index (χ3v) is 9.58. The van der Waals surface area contributed by atoms with Gasteiger partial charge in [0.2, 0.25) is 0 Å². The molecule has 1 N–H and O–H groups in total. The fourth-order valence-corrected chi connectivity index (χ4v) is 8.30. The van der Waals surface area contributed by atoms with Crippen LogP contribution in [0.4, 0.5) is 0 Å². The Kier molecular flexibility index (Phi) is 3.96. The molecule has 0 bridgehead atoms. The van der Waals surface area contributed by atoms with Gasteiger partial charge in [-0.05, 0) is 86.9 Å². The van der Waals surface area contributed by atoms with Gasteiger partial charge in [-0.15, -0.1) is 0 Å². The molecular weight excluding hydrogens is 324 g/mol. The monoisotopic (exact) mass is 360 g/mol. The third-order valence-electron chi connectivity index (χ3n) is 9.58. The Labute approximate surface area is 158 Å². The molecule has 1 saturated heterocycles. The highest BCUT2D eigenvalue weighted by atomic mass is 16.7. The van der Waals surface area contributed by atoms with Crippen molar-refractivity contribution in [3.8, 4) is 0 Å². The number of hydrogen-bond acceptors (Lipinski definition) is 3. The van der Waals surface area contributed by atoms with Crippen LogP contribution in [0.2, 0.25) is 0 Å². The molecule has 5 rings (SSSR count). The maximum Gasteiger partial charge on any atom is 0.169 e. The van der Waals surface area contributed by atoms with Gasteiger partial charge in [0.05, 0.1) is 19.3 Å². The summed E-state index contributed by atoms with van der Waals surface area (Å²) < 4.78 is 12.3.